The van der Waals surface area contributed by atoms with E-state index < -0.39 is 28.8 Å². The summed E-state index contributed by atoms with van der Waals surface area (Å²) in [6.07, 6.45) is -4.47. The maximum absolute atomic E-state index is 12.5. The average Bonchev–Trinajstić information content (AvgIpc) is 2.76. The number of halogens is 3. The van der Waals surface area contributed by atoms with Crippen molar-refractivity contribution in [2.24, 2.45) is 16.5 Å². The lowest BCUT2D eigenvalue weighted by Gasteiger charge is -2.23. The van der Waals surface area contributed by atoms with Crippen LogP contribution in [0.15, 0.2) is 5.16 Å². The monoisotopic (exact) mass is 306 g/mol. The van der Waals surface area contributed by atoms with Crippen LogP contribution in [-0.4, -0.2) is 42.1 Å². The first-order valence-electron chi connectivity index (χ1n) is 6.79. The van der Waals surface area contributed by atoms with E-state index in [1.807, 2.05) is 13.8 Å². The molecule has 0 aromatic carbocycles. The summed E-state index contributed by atoms with van der Waals surface area (Å²) in [5, 5.41) is 7.01. The lowest BCUT2D eigenvalue weighted by Crippen LogP contribution is -2.41. The van der Waals surface area contributed by atoms with Crippen molar-refractivity contribution < 1.29 is 27.5 Å². The zero-order valence-corrected chi connectivity index (χ0v) is 12.0. The van der Waals surface area contributed by atoms with Crippen LogP contribution in [0.5, 0.6) is 0 Å². The summed E-state index contributed by atoms with van der Waals surface area (Å²) in [5.74, 6) is -2.34. The Balaban J connectivity index is 1.84. The Labute approximate surface area is 119 Å². The van der Waals surface area contributed by atoms with E-state index in [0.717, 1.165) is 0 Å². The van der Waals surface area contributed by atoms with Gasteiger partial charge in [-0.25, -0.2) is 4.79 Å². The number of ether oxygens (including phenoxy) is 1. The molecule has 0 bridgehead atoms. The maximum Gasteiger partial charge on any atom is 0.490 e. The van der Waals surface area contributed by atoms with Crippen LogP contribution in [0.2, 0.25) is 0 Å². The van der Waals surface area contributed by atoms with Crippen molar-refractivity contribution >= 4 is 11.7 Å². The molecule has 0 aromatic rings. The fourth-order valence-corrected chi connectivity index (χ4v) is 3.64. The van der Waals surface area contributed by atoms with E-state index in [-0.39, 0.29) is 12.5 Å². The number of fused-ring (bicyclic) bond motifs is 1. The molecule has 8 heteroatoms. The van der Waals surface area contributed by atoms with Crippen LogP contribution in [0.1, 0.15) is 27.2 Å². The quantitative estimate of drug-likeness (QED) is 0.788. The molecular weight excluding hydrogens is 289 g/mol. The summed E-state index contributed by atoms with van der Waals surface area (Å²) in [6, 6.07) is 0. The Morgan fingerprint density at radius 2 is 2.10 bits per heavy atom. The SMILES string of the molecule is CC1(C)CC(C2(C)C3CNCC32OC(=O)C(F)(F)F)=NO1. The normalized spacial score (nSPS) is 40.3. The molecule has 0 radical (unpaired) electrons. The van der Waals surface area contributed by atoms with Gasteiger partial charge in [-0.05, 0) is 20.8 Å². The highest BCUT2D eigenvalue weighted by atomic mass is 19.4. The van der Waals surface area contributed by atoms with E-state index in [1.54, 1.807) is 6.92 Å². The van der Waals surface area contributed by atoms with Crippen LogP contribution >= 0.6 is 0 Å². The molecule has 1 aliphatic carbocycles. The molecule has 1 saturated heterocycles. The fraction of sp³-hybridized carbons (Fsp3) is 0.846. The Morgan fingerprint density at radius 1 is 1.43 bits per heavy atom. The third-order valence-electron chi connectivity index (χ3n) is 4.89. The van der Waals surface area contributed by atoms with E-state index in [1.165, 1.54) is 0 Å². The summed E-state index contributed by atoms with van der Waals surface area (Å²) >= 11 is 0. The van der Waals surface area contributed by atoms with Gasteiger partial charge in [0.05, 0.1) is 11.1 Å². The Kier molecular flexibility index (Phi) is 2.72. The highest BCUT2D eigenvalue weighted by molar-refractivity contribution is 5.97. The van der Waals surface area contributed by atoms with Crippen molar-refractivity contribution in [2.75, 3.05) is 13.1 Å². The molecular formula is C13H17F3N2O3. The van der Waals surface area contributed by atoms with E-state index >= 15 is 0 Å². The van der Waals surface area contributed by atoms with Gasteiger partial charge in [0.2, 0.25) is 0 Å². The van der Waals surface area contributed by atoms with E-state index in [4.69, 9.17) is 9.57 Å². The second-order valence-corrected chi connectivity index (χ2v) is 6.73. The molecule has 3 unspecified atom stereocenters. The van der Waals surface area contributed by atoms with Gasteiger partial charge in [-0.3, -0.25) is 0 Å². The zero-order valence-electron chi connectivity index (χ0n) is 12.0. The summed E-state index contributed by atoms with van der Waals surface area (Å²) in [5.41, 5.74) is -1.65. The molecule has 0 amide bonds. The second kappa shape index (κ2) is 3.91. The molecule has 2 heterocycles. The van der Waals surface area contributed by atoms with Crippen LogP contribution in [0, 0.1) is 11.3 Å². The number of nitrogens with zero attached hydrogens (tertiary/aromatic N) is 1. The van der Waals surface area contributed by atoms with Crippen LogP contribution in [0.25, 0.3) is 0 Å². The van der Waals surface area contributed by atoms with Gasteiger partial charge in [0.25, 0.3) is 0 Å². The number of carbonyl (C=O) groups is 1. The van der Waals surface area contributed by atoms with Gasteiger partial charge in [0, 0.05) is 25.4 Å². The van der Waals surface area contributed by atoms with Crippen molar-refractivity contribution in [3.05, 3.63) is 0 Å². The predicted molar refractivity (Wildman–Crippen MR) is 66.6 cm³/mol. The summed E-state index contributed by atoms with van der Waals surface area (Å²) in [4.78, 5) is 16.5. The van der Waals surface area contributed by atoms with Crippen LogP contribution in [0.4, 0.5) is 13.2 Å². The lowest BCUT2D eigenvalue weighted by molar-refractivity contribution is -0.207. The number of piperidine rings is 1. The zero-order chi connectivity index (χ0) is 15.7. The topological polar surface area (TPSA) is 59.9 Å². The molecule has 1 saturated carbocycles. The van der Waals surface area contributed by atoms with E-state index in [0.29, 0.717) is 18.7 Å². The number of alkyl halides is 3. The highest BCUT2D eigenvalue weighted by Gasteiger charge is 2.82. The minimum atomic E-state index is -4.99. The van der Waals surface area contributed by atoms with Gasteiger partial charge in [0.15, 0.2) is 0 Å². The third kappa shape index (κ3) is 1.88. The van der Waals surface area contributed by atoms with Gasteiger partial charge in [-0.1, -0.05) is 5.16 Å². The van der Waals surface area contributed by atoms with E-state index in [9.17, 15) is 18.0 Å². The van der Waals surface area contributed by atoms with Crippen LogP contribution < -0.4 is 5.32 Å². The molecule has 3 atom stereocenters. The number of oxime groups is 1. The summed E-state index contributed by atoms with van der Waals surface area (Å²) in [6.45, 7) is 6.22. The van der Waals surface area contributed by atoms with Crippen LogP contribution in [-0.2, 0) is 14.4 Å². The van der Waals surface area contributed by atoms with Gasteiger partial charge < -0.3 is 14.9 Å². The minimum absolute atomic E-state index is 0.201. The van der Waals surface area contributed by atoms with Crippen molar-refractivity contribution in [2.45, 2.75) is 44.6 Å². The standard InChI is InChI=1S/C13H17F3N2O3/c1-10(2)4-8(18-21-10)11(3)7-5-17-6-12(7,11)20-9(19)13(14,15)16/h7,17H,4-6H2,1-3H3. The number of rotatable bonds is 2. The summed E-state index contributed by atoms with van der Waals surface area (Å²) in [7, 11) is 0. The number of esters is 1. The molecule has 1 N–H and O–H groups in total. The Morgan fingerprint density at radius 3 is 2.62 bits per heavy atom. The molecule has 118 valence electrons. The molecule has 5 nitrogen and oxygen atoms in total. The molecule has 21 heavy (non-hydrogen) atoms. The molecule has 3 rings (SSSR count). The van der Waals surface area contributed by atoms with Crippen LogP contribution in [0.3, 0.4) is 0 Å². The van der Waals surface area contributed by atoms with Gasteiger partial charge in [-0.15, -0.1) is 0 Å². The molecule has 0 aromatic heterocycles. The number of nitrogens with one attached hydrogen (secondary N) is 1. The van der Waals surface area contributed by atoms with Gasteiger partial charge in [-0.2, -0.15) is 13.2 Å². The highest BCUT2D eigenvalue weighted by Crippen LogP contribution is 2.68. The largest absolute Gasteiger partial charge is 0.490 e. The molecule has 2 fully saturated rings. The van der Waals surface area contributed by atoms with Gasteiger partial charge in [0.1, 0.15) is 11.2 Å². The number of carbonyl (C=O) groups excluding carboxylic acids is 1. The first-order chi connectivity index (χ1) is 9.53. The summed E-state index contributed by atoms with van der Waals surface area (Å²) < 4.78 is 42.4. The first kappa shape index (κ1) is 14.6. The predicted octanol–water partition coefficient (Wildman–Crippen LogP) is 1.62. The number of hydrogen-bond acceptors (Lipinski definition) is 5. The third-order valence-corrected chi connectivity index (χ3v) is 4.89. The molecule has 0 spiro atoms. The lowest BCUT2D eigenvalue weighted by atomic mass is 9.88. The smallest absolute Gasteiger partial charge is 0.450 e. The van der Waals surface area contributed by atoms with Crippen molar-refractivity contribution in [1.82, 2.24) is 5.32 Å². The van der Waals surface area contributed by atoms with Crippen molar-refractivity contribution in [1.29, 1.82) is 0 Å². The second-order valence-electron chi connectivity index (χ2n) is 6.73. The maximum atomic E-state index is 12.5. The molecule has 2 aliphatic heterocycles. The molecule has 3 aliphatic rings. The minimum Gasteiger partial charge on any atom is -0.450 e. The average molecular weight is 306 g/mol. The first-order valence-corrected chi connectivity index (χ1v) is 6.79. The number of hydrogen-bond donors (Lipinski definition) is 1. The van der Waals surface area contributed by atoms with Gasteiger partial charge >= 0.3 is 12.1 Å². The van der Waals surface area contributed by atoms with Crippen molar-refractivity contribution in [3.63, 3.8) is 0 Å². The van der Waals surface area contributed by atoms with E-state index in [2.05, 4.69) is 10.5 Å². The fourth-order valence-electron chi connectivity index (χ4n) is 3.64. The Hall–Kier alpha value is -1.31. The Bertz CT molecular complexity index is 531. The van der Waals surface area contributed by atoms with Crippen molar-refractivity contribution in [3.8, 4) is 0 Å².